The lowest BCUT2D eigenvalue weighted by atomic mass is 9.29. The van der Waals surface area contributed by atoms with E-state index in [1.54, 1.807) is 6.08 Å². The van der Waals surface area contributed by atoms with E-state index in [1.165, 1.54) is 29.4 Å². The van der Waals surface area contributed by atoms with Crippen LogP contribution in [0.4, 0.5) is 0 Å². The van der Waals surface area contributed by atoms with Gasteiger partial charge in [0.1, 0.15) is 23.6 Å². The maximum Gasteiger partial charge on any atom is 0.331 e. The van der Waals surface area contributed by atoms with Crippen molar-refractivity contribution in [2.24, 2.45) is 105 Å². The standard InChI is InChI=1S/C77H91NO9/c1-78-63-37-56-47(15-8-17-51(56)40-79)14-5-6-24-72-27-23-65-73(42-80)41-74-60-35-53-32-48(46-12-3-2-4-13-46)21-25-71(53,74)26-22-55(60)64-31-44-11-7-10-43(28-44)29-45-19-20-50(30-45)54-18-9-16-49-34-62(70(74)86-64)76(73,84)61(36-57(49)54)69(82)77(65,85)75(72,83)39-52-33-58(63)68-59(67(52)72)38-66(81)87-68/h2-4,7-13,15-17,28,38,42,45,48-50,52-55,57-58,60-65,67-70,78-79,82-85H,6,18-27,29-37,39-41H2,1H3. The number of aliphatic hydroxyl groups excluding tert-OH is 2. The van der Waals surface area contributed by atoms with Crippen LogP contribution in [0, 0.1) is 116 Å². The minimum absolute atomic E-state index is 0.0677. The number of fused-ring (bicyclic) bond motifs is 13. The number of allylic oxidation sites excluding steroid dienone is 2. The van der Waals surface area contributed by atoms with Crippen LogP contribution >= 0.6 is 0 Å². The zero-order chi connectivity index (χ0) is 58.8. The maximum atomic E-state index is 16.2. The molecule has 458 valence electrons. The normalized spacial score (nSPS) is 51.3. The molecule has 87 heavy (non-hydrogen) atoms. The summed E-state index contributed by atoms with van der Waals surface area (Å²) in [5.74, 6) is 6.38. The molecule has 3 aliphatic heterocycles. The molecule has 1 saturated heterocycles. The molecule has 10 saturated carbocycles. The third-order valence-electron chi connectivity index (χ3n) is 30.4. The zero-order valence-electron chi connectivity index (χ0n) is 50.9. The summed E-state index contributed by atoms with van der Waals surface area (Å²) >= 11 is 0. The van der Waals surface area contributed by atoms with Gasteiger partial charge in [0.25, 0.3) is 0 Å². The van der Waals surface area contributed by atoms with Crippen molar-refractivity contribution in [3.05, 3.63) is 130 Å². The lowest BCUT2D eigenvalue weighted by molar-refractivity contribution is -0.405. The van der Waals surface area contributed by atoms with Crippen molar-refractivity contribution in [1.82, 2.24) is 5.32 Å². The molecule has 13 aliphatic carbocycles. The molecule has 0 aromatic heterocycles. The SMILES string of the molecule is CNC1Cc2c(cccc2CO)C#CCCC23CCC4C5(C=O)CC67C8CC9CC(c%10ccccc%10)CCC96CCC8C6Cc8cccc(c8)CC8CCC(C8)C8CC=CC9CC(C7O6)C5(O)C(CC98)C(O)C4(O)C2(O)CC2CC1C1OC(=O)C=C1C23. The van der Waals surface area contributed by atoms with E-state index in [0.29, 0.717) is 87.4 Å². The summed E-state index contributed by atoms with van der Waals surface area (Å²) in [5, 5.41) is 75.3. The fraction of sp³-hybridized carbons (Fsp3) is 0.662. The van der Waals surface area contributed by atoms with Crippen molar-refractivity contribution in [3.63, 3.8) is 0 Å². The number of carbonyl (C=O) groups is 2. The Morgan fingerprint density at radius 1 is 0.759 bits per heavy atom. The van der Waals surface area contributed by atoms with Crippen molar-refractivity contribution >= 4 is 12.3 Å². The van der Waals surface area contributed by atoms with Crippen LogP contribution in [0.2, 0.25) is 0 Å². The minimum atomic E-state index is -2.23. The average Bonchev–Trinajstić information content (AvgIpc) is 1.61. The Labute approximate surface area is 514 Å². The number of aldehydes is 1. The highest BCUT2D eigenvalue weighted by Crippen LogP contribution is 2.86. The molecule has 6 N–H and O–H groups in total. The molecule has 10 nitrogen and oxygen atoms in total. The summed E-state index contributed by atoms with van der Waals surface area (Å²) in [5.41, 5.74) is -1.52. The molecule has 11 fully saturated rings. The van der Waals surface area contributed by atoms with Crippen LogP contribution in [0.3, 0.4) is 0 Å². The average molecular weight is 1170 g/mol. The van der Waals surface area contributed by atoms with Gasteiger partial charge in [-0.25, -0.2) is 4.79 Å². The van der Waals surface area contributed by atoms with Crippen LogP contribution < -0.4 is 5.32 Å². The van der Waals surface area contributed by atoms with Gasteiger partial charge in [-0.15, -0.1) is 0 Å². The first-order valence-corrected chi connectivity index (χ1v) is 34.8. The Morgan fingerprint density at radius 2 is 1.59 bits per heavy atom. The van der Waals surface area contributed by atoms with Gasteiger partial charge >= 0.3 is 5.97 Å². The Balaban J connectivity index is 0.850. The molecule has 27 unspecified atom stereocenters. The fourth-order valence-electron chi connectivity index (χ4n) is 27.7. The predicted octanol–water partition coefficient (Wildman–Crippen LogP) is 10.3. The van der Waals surface area contributed by atoms with Crippen molar-refractivity contribution in [2.45, 2.75) is 201 Å². The number of rotatable bonds is 4. The molecule has 0 radical (unpaired) electrons. The van der Waals surface area contributed by atoms with E-state index < -0.39 is 63.0 Å². The summed E-state index contributed by atoms with van der Waals surface area (Å²) in [4.78, 5) is 30.3. The second-order valence-electron chi connectivity index (χ2n) is 32.3. The summed E-state index contributed by atoms with van der Waals surface area (Å²) in [7, 11) is 1.95. The van der Waals surface area contributed by atoms with Gasteiger partial charge in [-0.1, -0.05) is 90.7 Å². The van der Waals surface area contributed by atoms with Crippen molar-refractivity contribution in [3.8, 4) is 11.8 Å². The second kappa shape index (κ2) is 19.3. The van der Waals surface area contributed by atoms with Gasteiger partial charge in [0.2, 0.25) is 0 Å². The first-order chi connectivity index (χ1) is 42.3. The largest absolute Gasteiger partial charge is 0.454 e. The Bertz CT molecular complexity index is 3460. The van der Waals surface area contributed by atoms with Crippen LogP contribution in [-0.2, 0) is 44.9 Å². The number of likely N-dealkylation sites (N-methyl/N-ethyl adjacent to an activating group) is 1. The molecular weight excluding hydrogens is 1080 g/mol. The summed E-state index contributed by atoms with van der Waals surface area (Å²) in [6, 6.07) is 26.4. The summed E-state index contributed by atoms with van der Waals surface area (Å²) in [6.45, 7) is -0.126. The number of esters is 1. The Morgan fingerprint density at radius 3 is 2.43 bits per heavy atom. The highest BCUT2D eigenvalue weighted by atomic mass is 16.5. The van der Waals surface area contributed by atoms with Gasteiger partial charge in [-0.05, 0) is 252 Å². The maximum absolute atomic E-state index is 16.2. The Hall–Kier alpha value is -4.44. The van der Waals surface area contributed by atoms with Crippen LogP contribution in [0.25, 0.3) is 0 Å². The van der Waals surface area contributed by atoms with Crippen LogP contribution in [-0.4, -0.2) is 92.1 Å². The van der Waals surface area contributed by atoms with E-state index >= 15 is 20.1 Å². The number of aliphatic hydroxyl groups is 5. The molecule has 18 bridgehead atoms. The van der Waals surface area contributed by atoms with Crippen molar-refractivity contribution < 1.29 is 44.6 Å². The quantitative estimate of drug-likeness (QED) is 0.0641. The molecule has 0 amide bonds. The second-order valence-corrected chi connectivity index (χ2v) is 32.3. The third-order valence-corrected chi connectivity index (χ3v) is 30.4. The van der Waals surface area contributed by atoms with E-state index in [1.807, 2.05) is 25.2 Å². The number of benzene rings is 3. The molecule has 3 spiro atoms. The monoisotopic (exact) mass is 1170 g/mol. The zero-order valence-corrected chi connectivity index (χ0v) is 50.9. The molecule has 27 atom stereocenters. The summed E-state index contributed by atoms with van der Waals surface area (Å²) < 4.78 is 14.8. The molecule has 19 rings (SSSR count). The van der Waals surface area contributed by atoms with Gasteiger partial charge in [0.15, 0.2) is 0 Å². The molecule has 16 aliphatic rings. The van der Waals surface area contributed by atoms with Gasteiger partial charge in [-0.3, -0.25) is 0 Å². The number of ether oxygens (including phenoxy) is 2. The third kappa shape index (κ3) is 6.95. The molecule has 3 aromatic rings. The minimum Gasteiger partial charge on any atom is -0.454 e. The van der Waals surface area contributed by atoms with E-state index in [0.717, 1.165) is 92.9 Å². The number of nitrogens with one attached hydrogen (secondary N) is 1. The lowest BCUT2D eigenvalue weighted by Crippen LogP contribution is -2.88. The molecular formula is C77H91NO9. The van der Waals surface area contributed by atoms with Gasteiger partial charge < -0.3 is 45.1 Å². The topological polar surface area (TPSA) is 166 Å². The van der Waals surface area contributed by atoms with E-state index in [2.05, 4.69) is 83.9 Å². The van der Waals surface area contributed by atoms with Gasteiger partial charge in [0.05, 0.1) is 35.9 Å². The molecule has 3 aromatic carbocycles. The lowest BCUT2D eigenvalue weighted by Gasteiger charge is -2.78. The summed E-state index contributed by atoms with van der Waals surface area (Å²) in [6.07, 6.45) is 22.3. The van der Waals surface area contributed by atoms with Gasteiger partial charge in [0, 0.05) is 58.6 Å². The fourth-order valence-corrected chi connectivity index (χ4v) is 27.7. The first-order valence-electron chi connectivity index (χ1n) is 34.8. The van der Waals surface area contributed by atoms with Crippen LogP contribution in [0.15, 0.2) is 96.6 Å². The predicted molar refractivity (Wildman–Crippen MR) is 328 cm³/mol. The van der Waals surface area contributed by atoms with Gasteiger partial charge in [-0.2, -0.15) is 0 Å². The highest BCUT2D eigenvalue weighted by molar-refractivity contribution is 5.86. The number of hydrogen-bond acceptors (Lipinski definition) is 10. The van der Waals surface area contributed by atoms with Crippen molar-refractivity contribution in [2.75, 3.05) is 7.05 Å². The van der Waals surface area contributed by atoms with Crippen LogP contribution in [0.1, 0.15) is 161 Å². The smallest absolute Gasteiger partial charge is 0.331 e. The van der Waals surface area contributed by atoms with E-state index in [4.69, 9.17) is 9.47 Å². The van der Waals surface area contributed by atoms with Crippen LogP contribution in [0.5, 0.6) is 0 Å². The highest BCUT2D eigenvalue weighted by Gasteiger charge is 2.90. The number of carbonyl (C=O) groups excluding carboxylic acids is 2. The number of hydrogen-bond donors (Lipinski definition) is 6. The van der Waals surface area contributed by atoms with E-state index in [9.17, 15) is 15.0 Å². The Kier molecular flexibility index (Phi) is 12.3. The molecule has 10 heteroatoms. The molecule has 3 heterocycles. The van der Waals surface area contributed by atoms with E-state index in [-0.39, 0.29) is 84.1 Å². The van der Waals surface area contributed by atoms with Crippen molar-refractivity contribution in [1.29, 1.82) is 0 Å². The first kappa shape index (κ1) is 55.4.